The van der Waals surface area contributed by atoms with Gasteiger partial charge in [0.05, 0.1) is 37.6 Å². The van der Waals surface area contributed by atoms with Gasteiger partial charge in [-0.25, -0.2) is 14.8 Å². The minimum absolute atomic E-state index is 0.0179. The third-order valence-corrected chi connectivity index (χ3v) is 5.03. The van der Waals surface area contributed by atoms with E-state index in [1.54, 1.807) is 0 Å². The zero-order valence-corrected chi connectivity index (χ0v) is 14.6. The normalized spacial score (nSPS) is 20.0. The van der Waals surface area contributed by atoms with Crippen LogP contribution in [-0.2, 0) is 29.1 Å². The third-order valence-electron chi connectivity index (χ3n) is 5.03. The lowest BCUT2D eigenvalue weighted by Crippen LogP contribution is -2.25. The second kappa shape index (κ2) is 5.81. The maximum absolute atomic E-state index is 11.8. The Bertz CT molecular complexity index is 848. The summed E-state index contributed by atoms with van der Waals surface area (Å²) >= 11 is 0. The Labute approximate surface area is 146 Å². The molecule has 0 spiro atoms. The van der Waals surface area contributed by atoms with Crippen molar-refractivity contribution in [3.05, 3.63) is 52.3 Å². The highest BCUT2D eigenvalue weighted by atomic mass is 16.5. The van der Waals surface area contributed by atoms with Crippen LogP contribution < -0.4 is 5.32 Å². The quantitative estimate of drug-likeness (QED) is 0.867. The Morgan fingerprint density at radius 2 is 2.16 bits per heavy atom. The molecule has 2 aromatic rings. The van der Waals surface area contributed by atoms with Crippen LogP contribution in [0, 0.1) is 5.41 Å². The van der Waals surface area contributed by atoms with E-state index in [2.05, 4.69) is 29.1 Å². The Kier molecular flexibility index (Phi) is 3.72. The first-order chi connectivity index (χ1) is 12.0. The van der Waals surface area contributed by atoms with Gasteiger partial charge in [-0.15, -0.1) is 0 Å². The fraction of sp³-hybridized carbons (Fsp3) is 0.421. The summed E-state index contributed by atoms with van der Waals surface area (Å²) < 4.78 is 10.2. The molecule has 6 nitrogen and oxygen atoms in total. The van der Waals surface area contributed by atoms with Crippen LogP contribution >= 0.6 is 0 Å². The molecular formula is C19H21N3O3. The number of rotatable bonds is 3. The van der Waals surface area contributed by atoms with Gasteiger partial charge in [0.1, 0.15) is 0 Å². The van der Waals surface area contributed by atoms with Crippen molar-refractivity contribution in [1.82, 2.24) is 9.97 Å². The van der Waals surface area contributed by atoms with Crippen LogP contribution in [0.3, 0.4) is 0 Å². The number of hydrogen-bond donors (Lipinski definition) is 1. The predicted octanol–water partition coefficient (Wildman–Crippen LogP) is 3.03. The fourth-order valence-corrected chi connectivity index (χ4v) is 3.72. The minimum atomic E-state index is -0.307. The maximum Gasteiger partial charge on any atom is 0.337 e. The van der Waals surface area contributed by atoms with Crippen LogP contribution in [0.15, 0.2) is 24.4 Å². The average Bonchev–Trinajstić information content (AvgIpc) is 3.15. The number of carbonyl (C=O) groups excluding carboxylic acids is 1. The number of methoxy groups -OCH3 is 1. The van der Waals surface area contributed by atoms with Crippen molar-refractivity contribution in [1.29, 1.82) is 0 Å². The molecule has 1 aromatic carbocycles. The van der Waals surface area contributed by atoms with Gasteiger partial charge in [-0.3, -0.25) is 0 Å². The Morgan fingerprint density at radius 1 is 1.32 bits per heavy atom. The van der Waals surface area contributed by atoms with Gasteiger partial charge in [0.25, 0.3) is 0 Å². The van der Waals surface area contributed by atoms with Crippen molar-refractivity contribution >= 4 is 11.9 Å². The van der Waals surface area contributed by atoms with Crippen LogP contribution in [0.2, 0.25) is 0 Å². The van der Waals surface area contributed by atoms with E-state index in [1.807, 2.05) is 24.4 Å². The van der Waals surface area contributed by atoms with Gasteiger partial charge >= 0.3 is 5.97 Å². The van der Waals surface area contributed by atoms with E-state index in [0.717, 1.165) is 23.2 Å². The number of ether oxygens (including phenoxy) is 2. The number of esters is 1. The molecule has 1 atom stereocenters. The monoisotopic (exact) mass is 339 g/mol. The SMILES string of the molecule is COC(=O)c1ccc2c(c1)CC(C)(C)C2Nc1ncc2c(n1)COC2. The molecule has 25 heavy (non-hydrogen) atoms. The molecule has 2 heterocycles. The van der Waals surface area contributed by atoms with E-state index in [9.17, 15) is 4.79 Å². The molecule has 0 fully saturated rings. The predicted molar refractivity (Wildman–Crippen MR) is 92.2 cm³/mol. The fourth-order valence-electron chi connectivity index (χ4n) is 3.72. The number of anilines is 1. The van der Waals surface area contributed by atoms with E-state index in [0.29, 0.717) is 24.7 Å². The molecule has 1 N–H and O–H groups in total. The van der Waals surface area contributed by atoms with E-state index in [-0.39, 0.29) is 17.4 Å². The van der Waals surface area contributed by atoms with Crippen molar-refractivity contribution in [2.75, 3.05) is 12.4 Å². The molecular weight excluding hydrogens is 318 g/mol. The van der Waals surface area contributed by atoms with Crippen molar-refractivity contribution in [3.63, 3.8) is 0 Å². The summed E-state index contributed by atoms with van der Waals surface area (Å²) in [5.41, 5.74) is 4.92. The lowest BCUT2D eigenvalue weighted by Gasteiger charge is -2.28. The first kappa shape index (κ1) is 16.0. The number of aromatic nitrogens is 2. The van der Waals surface area contributed by atoms with Crippen LogP contribution in [0.1, 0.15) is 52.6 Å². The molecule has 0 amide bonds. The number of nitrogens with one attached hydrogen (secondary N) is 1. The molecule has 1 aliphatic heterocycles. The zero-order valence-electron chi connectivity index (χ0n) is 14.6. The highest BCUT2D eigenvalue weighted by Gasteiger charge is 2.39. The van der Waals surface area contributed by atoms with Crippen LogP contribution in [0.5, 0.6) is 0 Å². The number of hydrogen-bond acceptors (Lipinski definition) is 6. The molecule has 0 saturated carbocycles. The minimum Gasteiger partial charge on any atom is -0.465 e. The summed E-state index contributed by atoms with van der Waals surface area (Å²) in [6.45, 7) is 5.54. The van der Waals surface area contributed by atoms with Gasteiger partial charge in [-0.05, 0) is 35.1 Å². The molecule has 0 saturated heterocycles. The van der Waals surface area contributed by atoms with Gasteiger partial charge in [-0.2, -0.15) is 0 Å². The van der Waals surface area contributed by atoms with Gasteiger partial charge in [0, 0.05) is 11.8 Å². The molecule has 1 unspecified atom stereocenters. The summed E-state index contributed by atoms with van der Waals surface area (Å²) in [4.78, 5) is 20.8. The number of carbonyl (C=O) groups is 1. The standard InChI is InChI=1S/C19H21N3O3/c1-19(2)7-12-6-11(17(23)24-3)4-5-14(12)16(19)22-18-20-8-13-9-25-10-15(13)21-18/h4-6,8,16H,7,9-10H2,1-3H3,(H,20,21,22). The van der Waals surface area contributed by atoms with Crippen molar-refractivity contribution in [2.24, 2.45) is 5.41 Å². The number of benzene rings is 1. The van der Waals surface area contributed by atoms with Crippen molar-refractivity contribution < 1.29 is 14.3 Å². The highest BCUT2D eigenvalue weighted by molar-refractivity contribution is 5.89. The summed E-state index contributed by atoms with van der Waals surface area (Å²) in [7, 11) is 1.40. The van der Waals surface area contributed by atoms with Gasteiger partial charge in [-0.1, -0.05) is 19.9 Å². The summed E-state index contributed by atoms with van der Waals surface area (Å²) in [6.07, 6.45) is 2.71. The van der Waals surface area contributed by atoms with Crippen LogP contribution in [0.25, 0.3) is 0 Å². The van der Waals surface area contributed by atoms with Crippen LogP contribution in [-0.4, -0.2) is 23.0 Å². The van der Waals surface area contributed by atoms with Crippen molar-refractivity contribution in [2.45, 2.75) is 39.5 Å². The summed E-state index contributed by atoms with van der Waals surface area (Å²) in [5, 5.41) is 3.49. The first-order valence-electron chi connectivity index (χ1n) is 8.38. The smallest absolute Gasteiger partial charge is 0.337 e. The Balaban J connectivity index is 1.65. The van der Waals surface area contributed by atoms with Crippen molar-refractivity contribution in [3.8, 4) is 0 Å². The number of fused-ring (bicyclic) bond motifs is 2. The molecule has 1 aliphatic carbocycles. The largest absolute Gasteiger partial charge is 0.465 e. The lowest BCUT2D eigenvalue weighted by molar-refractivity contribution is 0.0600. The average molecular weight is 339 g/mol. The third kappa shape index (κ3) is 2.76. The molecule has 0 bridgehead atoms. The first-order valence-corrected chi connectivity index (χ1v) is 8.38. The Morgan fingerprint density at radius 3 is 2.96 bits per heavy atom. The highest BCUT2D eigenvalue weighted by Crippen LogP contribution is 2.46. The van der Waals surface area contributed by atoms with E-state index < -0.39 is 0 Å². The second-order valence-corrected chi connectivity index (χ2v) is 7.31. The molecule has 4 rings (SSSR count). The Hall–Kier alpha value is -2.47. The molecule has 130 valence electrons. The second-order valence-electron chi connectivity index (χ2n) is 7.31. The topological polar surface area (TPSA) is 73.3 Å². The van der Waals surface area contributed by atoms with Gasteiger partial charge in [0.2, 0.25) is 5.95 Å². The summed E-state index contributed by atoms with van der Waals surface area (Å²) in [6, 6.07) is 5.83. The number of nitrogens with zero attached hydrogens (tertiary/aromatic N) is 2. The maximum atomic E-state index is 11.8. The van der Waals surface area contributed by atoms with E-state index in [4.69, 9.17) is 9.47 Å². The van der Waals surface area contributed by atoms with Gasteiger partial charge < -0.3 is 14.8 Å². The summed E-state index contributed by atoms with van der Waals surface area (Å²) in [5.74, 6) is 0.311. The molecule has 6 heteroatoms. The van der Waals surface area contributed by atoms with Crippen LogP contribution in [0.4, 0.5) is 5.95 Å². The van der Waals surface area contributed by atoms with E-state index in [1.165, 1.54) is 12.7 Å². The van der Waals surface area contributed by atoms with E-state index >= 15 is 0 Å². The molecule has 1 aromatic heterocycles. The zero-order chi connectivity index (χ0) is 17.6. The lowest BCUT2D eigenvalue weighted by atomic mass is 9.85. The molecule has 2 aliphatic rings. The van der Waals surface area contributed by atoms with Gasteiger partial charge in [0.15, 0.2) is 0 Å². The molecule has 0 radical (unpaired) electrons.